The Morgan fingerprint density at radius 1 is 1.25 bits per heavy atom. The van der Waals surface area contributed by atoms with Gasteiger partial charge in [0.15, 0.2) is 11.6 Å². The SMILES string of the molecule is NC(=O)Cc1c(-c2ncc(F)cn2)ccc2c1CCC2. The van der Waals surface area contributed by atoms with Crippen LogP contribution in [-0.2, 0) is 24.1 Å². The van der Waals surface area contributed by atoms with E-state index in [-0.39, 0.29) is 12.3 Å². The van der Waals surface area contributed by atoms with Crippen molar-refractivity contribution in [1.82, 2.24) is 9.97 Å². The molecule has 0 saturated carbocycles. The summed E-state index contributed by atoms with van der Waals surface area (Å²) in [5.74, 6) is -0.433. The summed E-state index contributed by atoms with van der Waals surface area (Å²) >= 11 is 0. The third-order valence-corrected chi connectivity index (χ3v) is 3.61. The molecular formula is C15H14FN3O. The Balaban J connectivity index is 2.14. The zero-order valence-electron chi connectivity index (χ0n) is 10.9. The summed E-state index contributed by atoms with van der Waals surface area (Å²) in [4.78, 5) is 19.3. The molecule has 0 aliphatic heterocycles. The monoisotopic (exact) mass is 271 g/mol. The first-order valence-corrected chi connectivity index (χ1v) is 6.55. The van der Waals surface area contributed by atoms with Crippen LogP contribution in [0.15, 0.2) is 24.5 Å². The van der Waals surface area contributed by atoms with Crippen LogP contribution in [0.1, 0.15) is 23.1 Å². The lowest BCUT2D eigenvalue weighted by atomic mass is 9.94. The second-order valence-corrected chi connectivity index (χ2v) is 4.95. The van der Waals surface area contributed by atoms with E-state index in [4.69, 9.17) is 5.73 Å². The molecule has 0 unspecified atom stereocenters. The number of amides is 1. The van der Waals surface area contributed by atoms with E-state index in [0.29, 0.717) is 5.82 Å². The number of primary amides is 1. The van der Waals surface area contributed by atoms with E-state index in [1.165, 1.54) is 11.1 Å². The summed E-state index contributed by atoms with van der Waals surface area (Å²) < 4.78 is 12.9. The number of halogens is 1. The van der Waals surface area contributed by atoms with Crippen molar-refractivity contribution in [2.45, 2.75) is 25.7 Å². The molecule has 2 aromatic rings. The van der Waals surface area contributed by atoms with Gasteiger partial charge < -0.3 is 5.73 Å². The van der Waals surface area contributed by atoms with Crippen LogP contribution in [0.4, 0.5) is 4.39 Å². The third-order valence-electron chi connectivity index (χ3n) is 3.61. The lowest BCUT2D eigenvalue weighted by molar-refractivity contribution is -0.117. The highest BCUT2D eigenvalue weighted by atomic mass is 19.1. The Kier molecular flexibility index (Phi) is 3.18. The van der Waals surface area contributed by atoms with Crippen LogP contribution in [0.25, 0.3) is 11.4 Å². The standard InChI is InChI=1S/C15H14FN3O/c16-10-7-18-15(19-8-10)12-5-4-9-2-1-3-11(9)13(12)6-14(17)20/h4-5,7-8H,1-3,6H2,(H2,17,20). The predicted molar refractivity (Wildman–Crippen MR) is 72.3 cm³/mol. The fourth-order valence-corrected chi connectivity index (χ4v) is 2.78. The average molecular weight is 271 g/mol. The molecule has 1 aromatic carbocycles. The van der Waals surface area contributed by atoms with E-state index >= 15 is 0 Å². The predicted octanol–water partition coefficient (Wildman–Crippen LogP) is 1.80. The van der Waals surface area contributed by atoms with Crippen LogP contribution in [-0.4, -0.2) is 15.9 Å². The van der Waals surface area contributed by atoms with Gasteiger partial charge in [0.05, 0.1) is 18.8 Å². The maximum absolute atomic E-state index is 12.9. The number of hydrogen-bond acceptors (Lipinski definition) is 3. The zero-order valence-corrected chi connectivity index (χ0v) is 10.9. The minimum Gasteiger partial charge on any atom is -0.369 e. The van der Waals surface area contributed by atoms with Gasteiger partial charge in [0.2, 0.25) is 5.91 Å². The molecule has 0 saturated heterocycles. The molecule has 1 aliphatic carbocycles. The Hall–Kier alpha value is -2.30. The molecule has 0 atom stereocenters. The molecule has 5 heteroatoms. The lowest BCUT2D eigenvalue weighted by Gasteiger charge is -2.12. The fourth-order valence-electron chi connectivity index (χ4n) is 2.78. The van der Waals surface area contributed by atoms with Crippen molar-refractivity contribution >= 4 is 5.91 Å². The summed E-state index contributed by atoms with van der Waals surface area (Å²) in [5, 5.41) is 0. The van der Waals surface area contributed by atoms with E-state index in [9.17, 15) is 9.18 Å². The second-order valence-electron chi connectivity index (χ2n) is 4.95. The molecule has 2 N–H and O–H groups in total. The van der Waals surface area contributed by atoms with Gasteiger partial charge in [-0.25, -0.2) is 14.4 Å². The molecule has 1 amide bonds. The number of carbonyl (C=O) groups is 1. The number of aromatic nitrogens is 2. The molecule has 1 heterocycles. The summed E-state index contributed by atoms with van der Waals surface area (Å²) in [6.45, 7) is 0. The normalized spacial score (nSPS) is 13.2. The van der Waals surface area contributed by atoms with Gasteiger partial charge in [-0.3, -0.25) is 4.79 Å². The first-order chi connectivity index (χ1) is 9.65. The van der Waals surface area contributed by atoms with Crippen LogP contribution in [0.5, 0.6) is 0 Å². The van der Waals surface area contributed by atoms with Crippen LogP contribution in [0, 0.1) is 5.82 Å². The smallest absolute Gasteiger partial charge is 0.221 e. The van der Waals surface area contributed by atoms with E-state index in [1.54, 1.807) is 0 Å². The second kappa shape index (κ2) is 5.00. The number of fused-ring (bicyclic) bond motifs is 1. The number of nitrogens with zero attached hydrogens (tertiary/aromatic N) is 2. The van der Waals surface area contributed by atoms with Crippen molar-refractivity contribution in [3.63, 3.8) is 0 Å². The van der Waals surface area contributed by atoms with Crippen molar-refractivity contribution in [1.29, 1.82) is 0 Å². The number of rotatable bonds is 3. The average Bonchev–Trinajstić information content (AvgIpc) is 2.88. The highest BCUT2D eigenvalue weighted by Gasteiger charge is 2.20. The summed E-state index contributed by atoms with van der Waals surface area (Å²) in [6, 6.07) is 3.94. The largest absolute Gasteiger partial charge is 0.369 e. The number of benzene rings is 1. The van der Waals surface area contributed by atoms with Gasteiger partial charge in [-0.2, -0.15) is 0 Å². The molecule has 0 bridgehead atoms. The van der Waals surface area contributed by atoms with E-state index < -0.39 is 5.82 Å². The van der Waals surface area contributed by atoms with Crippen molar-refractivity contribution < 1.29 is 9.18 Å². The summed E-state index contributed by atoms with van der Waals surface area (Å²) in [5.41, 5.74) is 9.44. The Morgan fingerprint density at radius 3 is 2.70 bits per heavy atom. The molecule has 3 rings (SSSR count). The van der Waals surface area contributed by atoms with Gasteiger partial charge in [-0.05, 0) is 36.0 Å². The molecule has 1 aromatic heterocycles. The highest BCUT2D eigenvalue weighted by molar-refractivity contribution is 5.80. The zero-order chi connectivity index (χ0) is 14.1. The van der Waals surface area contributed by atoms with Crippen LogP contribution in [0.3, 0.4) is 0 Å². The fraction of sp³-hybridized carbons (Fsp3) is 0.267. The molecule has 102 valence electrons. The van der Waals surface area contributed by atoms with Crippen LogP contribution < -0.4 is 5.73 Å². The summed E-state index contributed by atoms with van der Waals surface area (Å²) in [7, 11) is 0. The van der Waals surface area contributed by atoms with Crippen molar-refractivity contribution in [2.24, 2.45) is 5.73 Å². The number of aryl methyl sites for hydroxylation is 1. The van der Waals surface area contributed by atoms with E-state index in [1.807, 2.05) is 12.1 Å². The first kappa shape index (κ1) is 12.7. The maximum Gasteiger partial charge on any atom is 0.221 e. The number of nitrogens with two attached hydrogens (primary N) is 1. The molecule has 0 spiro atoms. The van der Waals surface area contributed by atoms with Crippen molar-refractivity contribution in [3.05, 3.63) is 47.0 Å². The van der Waals surface area contributed by atoms with Crippen LogP contribution in [0.2, 0.25) is 0 Å². The number of carbonyl (C=O) groups excluding carboxylic acids is 1. The van der Waals surface area contributed by atoms with Gasteiger partial charge in [-0.1, -0.05) is 12.1 Å². The maximum atomic E-state index is 12.9. The molecule has 0 radical (unpaired) electrons. The molecule has 1 aliphatic rings. The molecule has 20 heavy (non-hydrogen) atoms. The molecule has 0 fully saturated rings. The molecule has 4 nitrogen and oxygen atoms in total. The van der Waals surface area contributed by atoms with Crippen molar-refractivity contribution in [2.75, 3.05) is 0 Å². The minimum absolute atomic E-state index is 0.166. The lowest BCUT2D eigenvalue weighted by Crippen LogP contribution is -2.16. The third kappa shape index (κ3) is 2.27. The topological polar surface area (TPSA) is 68.9 Å². The highest BCUT2D eigenvalue weighted by Crippen LogP contribution is 2.32. The van der Waals surface area contributed by atoms with Gasteiger partial charge in [-0.15, -0.1) is 0 Å². The van der Waals surface area contributed by atoms with E-state index in [0.717, 1.165) is 42.8 Å². The van der Waals surface area contributed by atoms with Gasteiger partial charge in [0, 0.05) is 5.56 Å². The molecular weight excluding hydrogens is 257 g/mol. The van der Waals surface area contributed by atoms with Gasteiger partial charge in [0.25, 0.3) is 0 Å². The van der Waals surface area contributed by atoms with Crippen LogP contribution >= 0.6 is 0 Å². The van der Waals surface area contributed by atoms with Crippen molar-refractivity contribution in [3.8, 4) is 11.4 Å². The Morgan fingerprint density at radius 2 is 2.00 bits per heavy atom. The Bertz CT molecular complexity index is 668. The Labute approximate surface area is 115 Å². The minimum atomic E-state index is -0.480. The van der Waals surface area contributed by atoms with Gasteiger partial charge in [0.1, 0.15) is 0 Å². The van der Waals surface area contributed by atoms with E-state index in [2.05, 4.69) is 9.97 Å². The first-order valence-electron chi connectivity index (χ1n) is 6.55. The quantitative estimate of drug-likeness (QED) is 0.925. The number of hydrogen-bond donors (Lipinski definition) is 1. The summed E-state index contributed by atoms with van der Waals surface area (Å²) in [6.07, 6.45) is 5.46. The van der Waals surface area contributed by atoms with Gasteiger partial charge >= 0.3 is 0 Å².